The van der Waals surface area contributed by atoms with Gasteiger partial charge in [-0.3, -0.25) is 4.99 Å². The van der Waals surface area contributed by atoms with Crippen molar-refractivity contribution >= 4 is 40.0 Å². The summed E-state index contributed by atoms with van der Waals surface area (Å²) in [6.07, 6.45) is 5.73. The molecule has 2 rings (SSSR count). The van der Waals surface area contributed by atoms with Crippen LogP contribution in [0.1, 0.15) is 45.1 Å². The fraction of sp³-hybridized carbons (Fsp3) is 0.632. The van der Waals surface area contributed by atoms with Crippen LogP contribution in [0.5, 0.6) is 0 Å². The molecule has 154 valence electrons. The maximum atomic E-state index is 11.3. The molecule has 4 N–H and O–H groups in total. The number of rotatable bonds is 6. The number of guanidine groups is 1. The van der Waals surface area contributed by atoms with E-state index in [4.69, 9.17) is 5.14 Å². The third-order valence-electron chi connectivity index (χ3n) is 5.24. The lowest BCUT2D eigenvalue weighted by Crippen LogP contribution is -2.45. The van der Waals surface area contributed by atoms with Crippen molar-refractivity contribution < 1.29 is 8.42 Å². The Morgan fingerprint density at radius 1 is 1.19 bits per heavy atom. The molecule has 0 bridgehead atoms. The van der Waals surface area contributed by atoms with Gasteiger partial charge in [-0.2, -0.15) is 0 Å². The van der Waals surface area contributed by atoms with Gasteiger partial charge in [0.25, 0.3) is 0 Å². The second-order valence-corrected chi connectivity index (χ2v) is 9.00. The van der Waals surface area contributed by atoms with Crippen LogP contribution in [0.25, 0.3) is 0 Å². The second kappa shape index (κ2) is 11.2. The molecule has 0 saturated heterocycles. The first-order valence-electron chi connectivity index (χ1n) is 9.38. The monoisotopic (exact) mass is 508 g/mol. The van der Waals surface area contributed by atoms with E-state index in [0.29, 0.717) is 6.04 Å². The summed E-state index contributed by atoms with van der Waals surface area (Å²) in [5.74, 6) is 2.46. The predicted octanol–water partition coefficient (Wildman–Crippen LogP) is 2.87. The van der Waals surface area contributed by atoms with Crippen LogP contribution in [0.15, 0.2) is 34.2 Å². The Bertz CT molecular complexity index is 697. The van der Waals surface area contributed by atoms with Crippen LogP contribution in [0.2, 0.25) is 0 Å². The van der Waals surface area contributed by atoms with Crippen LogP contribution >= 0.6 is 24.0 Å². The molecule has 1 fully saturated rings. The van der Waals surface area contributed by atoms with Crippen molar-refractivity contribution in [3.8, 4) is 0 Å². The average Bonchev–Trinajstić information content (AvgIpc) is 2.61. The van der Waals surface area contributed by atoms with E-state index in [9.17, 15) is 8.42 Å². The smallest absolute Gasteiger partial charge is 0.238 e. The molecule has 0 aliphatic heterocycles. The lowest BCUT2D eigenvalue weighted by molar-refractivity contribution is 0.250. The predicted molar refractivity (Wildman–Crippen MR) is 122 cm³/mol. The molecule has 0 spiro atoms. The molecule has 0 atom stereocenters. The van der Waals surface area contributed by atoms with Crippen LogP contribution in [0, 0.1) is 11.8 Å². The highest BCUT2D eigenvalue weighted by atomic mass is 127. The van der Waals surface area contributed by atoms with E-state index in [-0.39, 0.29) is 28.9 Å². The van der Waals surface area contributed by atoms with Gasteiger partial charge in [0.15, 0.2) is 5.96 Å². The van der Waals surface area contributed by atoms with Crippen molar-refractivity contribution in [1.29, 1.82) is 0 Å². The van der Waals surface area contributed by atoms with Gasteiger partial charge in [-0.1, -0.05) is 26.0 Å². The van der Waals surface area contributed by atoms with E-state index < -0.39 is 10.0 Å². The largest absolute Gasteiger partial charge is 0.356 e. The molecule has 1 aromatic carbocycles. The third-order valence-corrected chi connectivity index (χ3v) is 6.17. The maximum Gasteiger partial charge on any atom is 0.238 e. The van der Waals surface area contributed by atoms with Crippen LogP contribution in [0.3, 0.4) is 0 Å². The van der Waals surface area contributed by atoms with Crippen LogP contribution in [0.4, 0.5) is 0 Å². The van der Waals surface area contributed by atoms with Gasteiger partial charge in [0.1, 0.15) is 0 Å². The fourth-order valence-electron chi connectivity index (χ4n) is 3.49. The Morgan fingerprint density at radius 3 is 2.26 bits per heavy atom. The molecular weight excluding hydrogens is 475 g/mol. The molecule has 0 amide bonds. The summed E-state index contributed by atoms with van der Waals surface area (Å²) in [5.41, 5.74) is 1.05. The molecule has 27 heavy (non-hydrogen) atoms. The molecule has 0 unspecified atom stereocenters. The van der Waals surface area contributed by atoms with Gasteiger partial charge < -0.3 is 10.6 Å². The number of nitrogens with one attached hydrogen (secondary N) is 2. The first-order chi connectivity index (χ1) is 12.3. The summed E-state index contributed by atoms with van der Waals surface area (Å²) in [6.45, 7) is 5.36. The Labute approximate surface area is 180 Å². The number of hydrogen-bond acceptors (Lipinski definition) is 3. The Kier molecular flexibility index (Phi) is 10.0. The summed E-state index contributed by atoms with van der Waals surface area (Å²) >= 11 is 0. The number of benzene rings is 1. The first-order valence-corrected chi connectivity index (χ1v) is 10.9. The van der Waals surface area contributed by atoms with Crippen molar-refractivity contribution in [1.82, 2.24) is 10.6 Å². The lowest BCUT2D eigenvalue weighted by Gasteiger charge is -2.32. The van der Waals surface area contributed by atoms with E-state index >= 15 is 0 Å². The number of nitrogens with two attached hydrogens (primary N) is 1. The van der Waals surface area contributed by atoms with Crippen molar-refractivity contribution in [3.05, 3.63) is 29.8 Å². The van der Waals surface area contributed by atoms with Crippen LogP contribution < -0.4 is 15.8 Å². The molecule has 8 heteroatoms. The van der Waals surface area contributed by atoms with E-state index in [1.165, 1.54) is 25.7 Å². The third kappa shape index (κ3) is 7.95. The minimum atomic E-state index is -3.63. The minimum Gasteiger partial charge on any atom is -0.356 e. The summed E-state index contributed by atoms with van der Waals surface area (Å²) < 4.78 is 22.5. The topological polar surface area (TPSA) is 96.6 Å². The van der Waals surface area contributed by atoms with Crippen molar-refractivity contribution in [2.24, 2.45) is 22.0 Å². The maximum absolute atomic E-state index is 11.3. The van der Waals surface area contributed by atoms with E-state index in [1.54, 1.807) is 31.3 Å². The second-order valence-electron chi connectivity index (χ2n) is 7.44. The molecule has 0 heterocycles. The molecule has 1 aliphatic carbocycles. The molecular formula is C19H33IN4O2S. The Morgan fingerprint density at radius 2 is 1.78 bits per heavy atom. The summed E-state index contributed by atoms with van der Waals surface area (Å²) in [7, 11) is -1.84. The number of hydrogen-bond donors (Lipinski definition) is 3. The molecule has 0 radical (unpaired) electrons. The first kappa shape index (κ1) is 24.2. The fourth-order valence-corrected chi connectivity index (χ4v) is 4.00. The molecule has 1 saturated carbocycles. The highest BCUT2D eigenvalue weighted by Gasteiger charge is 2.23. The van der Waals surface area contributed by atoms with E-state index in [0.717, 1.165) is 36.3 Å². The van der Waals surface area contributed by atoms with Crippen molar-refractivity contribution in [2.75, 3.05) is 13.6 Å². The van der Waals surface area contributed by atoms with Crippen molar-refractivity contribution in [2.45, 2.75) is 56.9 Å². The summed E-state index contributed by atoms with van der Waals surface area (Å²) in [5, 5.41) is 12.0. The van der Waals surface area contributed by atoms with Crippen LogP contribution in [-0.2, 0) is 16.4 Å². The number of sulfonamides is 1. The zero-order chi connectivity index (χ0) is 19.2. The normalized spacial score (nSPS) is 20.9. The Balaban J connectivity index is 0.00000364. The van der Waals surface area contributed by atoms with Gasteiger partial charge in [0.05, 0.1) is 4.90 Å². The molecule has 0 aromatic heterocycles. The van der Waals surface area contributed by atoms with Gasteiger partial charge >= 0.3 is 0 Å². The summed E-state index contributed by atoms with van der Waals surface area (Å²) in [4.78, 5) is 4.45. The van der Waals surface area contributed by atoms with Crippen molar-refractivity contribution in [3.63, 3.8) is 0 Å². The molecule has 1 aliphatic rings. The van der Waals surface area contributed by atoms with E-state index in [2.05, 4.69) is 29.5 Å². The van der Waals surface area contributed by atoms with E-state index in [1.807, 2.05) is 0 Å². The highest BCUT2D eigenvalue weighted by Crippen LogP contribution is 2.29. The minimum absolute atomic E-state index is 0. The summed E-state index contributed by atoms with van der Waals surface area (Å²) in [6, 6.07) is 7.18. The number of primary sulfonamides is 1. The van der Waals surface area contributed by atoms with Gasteiger partial charge in [0, 0.05) is 19.6 Å². The molecule has 1 aromatic rings. The Hall–Kier alpha value is -0.870. The average molecular weight is 508 g/mol. The SMILES string of the molecule is CN=C(NCCc1ccc(S(N)(=O)=O)cc1)NC1CCC(C(C)C)CC1.I. The van der Waals surface area contributed by atoms with Gasteiger partial charge in [-0.15, -0.1) is 24.0 Å². The standard InChI is InChI=1S/C19H32N4O2S.HI/c1-14(2)16-6-8-17(9-7-16)23-19(21-3)22-13-12-15-4-10-18(11-5-15)26(20,24)25;/h4-5,10-11,14,16-17H,6-9,12-13H2,1-3H3,(H2,20,24,25)(H2,21,22,23);1H. The highest BCUT2D eigenvalue weighted by molar-refractivity contribution is 14.0. The zero-order valence-electron chi connectivity index (χ0n) is 16.4. The van der Waals surface area contributed by atoms with Gasteiger partial charge in [0.2, 0.25) is 10.0 Å². The number of nitrogens with zero attached hydrogens (tertiary/aromatic N) is 1. The van der Waals surface area contributed by atoms with Gasteiger partial charge in [-0.05, 0) is 61.6 Å². The lowest BCUT2D eigenvalue weighted by atomic mass is 9.80. The number of halogens is 1. The van der Waals surface area contributed by atoms with Gasteiger partial charge in [-0.25, -0.2) is 13.6 Å². The quantitative estimate of drug-likeness (QED) is 0.313. The zero-order valence-corrected chi connectivity index (χ0v) is 19.6. The number of aliphatic imine (C=N–C) groups is 1. The van der Waals surface area contributed by atoms with Crippen LogP contribution in [-0.4, -0.2) is 34.0 Å². The molecule has 6 nitrogen and oxygen atoms in total.